The van der Waals surface area contributed by atoms with E-state index in [9.17, 15) is 4.39 Å². The number of rotatable bonds is 2. The molecule has 0 atom stereocenters. The molecule has 13 heavy (non-hydrogen) atoms. The molecule has 1 aromatic carbocycles. The molecule has 0 spiro atoms. The molecule has 0 unspecified atom stereocenters. The number of hydrogen-bond acceptors (Lipinski definition) is 0. The molecular weight excluding hydrogens is 165 g/mol. The molecule has 0 aliphatic rings. The maximum atomic E-state index is 12.8. The number of aromatic amines is 1. The van der Waals surface area contributed by atoms with E-state index in [4.69, 9.17) is 0 Å². The van der Waals surface area contributed by atoms with Gasteiger partial charge in [0.25, 0.3) is 0 Å². The predicted octanol–water partition coefficient (Wildman–Crippen LogP) is 3.07. The SMILES string of the molecule is [CH2]CCc1cc2cc(F)ccc2[nH]1. The van der Waals surface area contributed by atoms with Crippen LogP contribution in [0.5, 0.6) is 0 Å². The Bertz CT molecular complexity index is 417. The fourth-order valence-corrected chi connectivity index (χ4v) is 1.49. The van der Waals surface area contributed by atoms with E-state index in [1.165, 1.54) is 6.07 Å². The van der Waals surface area contributed by atoms with Gasteiger partial charge < -0.3 is 4.98 Å². The molecule has 67 valence electrons. The molecule has 2 aromatic rings. The molecule has 0 aliphatic heterocycles. The largest absolute Gasteiger partial charge is 0.358 e. The minimum Gasteiger partial charge on any atom is -0.358 e. The van der Waals surface area contributed by atoms with Gasteiger partial charge in [-0.2, -0.15) is 0 Å². The highest BCUT2D eigenvalue weighted by Gasteiger charge is 2.00. The molecule has 1 N–H and O–H groups in total. The minimum absolute atomic E-state index is 0.187. The van der Waals surface area contributed by atoms with Crippen LogP contribution in [0.2, 0.25) is 0 Å². The van der Waals surface area contributed by atoms with Crippen LogP contribution in [-0.4, -0.2) is 4.98 Å². The van der Waals surface area contributed by atoms with Gasteiger partial charge in [-0.1, -0.05) is 6.92 Å². The highest BCUT2D eigenvalue weighted by molar-refractivity contribution is 5.80. The fraction of sp³-hybridized carbons (Fsp3) is 0.182. The second-order valence-electron chi connectivity index (χ2n) is 3.13. The van der Waals surface area contributed by atoms with Crippen molar-refractivity contribution in [3.63, 3.8) is 0 Å². The van der Waals surface area contributed by atoms with Crippen LogP contribution in [0.25, 0.3) is 10.9 Å². The highest BCUT2D eigenvalue weighted by Crippen LogP contribution is 2.17. The zero-order valence-corrected chi connectivity index (χ0v) is 7.31. The lowest BCUT2D eigenvalue weighted by Gasteiger charge is -1.89. The van der Waals surface area contributed by atoms with Crippen LogP contribution in [0.1, 0.15) is 12.1 Å². The first-order valence-corrected chi connectivity index (χ1v) is 4.36. The number of nitrogens with one attached hydrogen (secondary N) is 1. The van der Waals surface area contributed by atoms with Crippen molar-refractivity contribution >= 4 is 10.9 Å². The maximum absolute atomic E-state index is 12.8. The van der Waals surface area contributed by atoms with Crippen molar-refractivity contribution in [2.75, 3.05) is 0 Å². The Morgan fingerprint density at radius 2 is 2.15 bits per heavy atom. The second-order valence-corrected chi connectivity index (χ2v) is 3.13. The topological polar surface area (TPSA) is 15.8 Å². The van der Waals surface area contributed by atoms with Gasteiger partial charge in [-0.3, -0.25) is 0 Å². The first-order chi connectivity index (χ1) is 6.29. The van der Waals surface area contributed by atoms with Gasteiger partial charge in [0, 0.05) is 16.6 Å². The average Bonchev–Trinajstić information content (AvgIpc) is 2.46. The number of aryl methyl sites for hydroxylation is 1. The summed E-state index contributed by atoms with van der Waals surface area (Å²) in [6.45, 7) is 3.77. The summed E-state index contributed by atoms with van der Waals surface area (Å²) in [7, 11) is 0. The molecule has 1 aromatic heterocycles. The first kappa shape index (κ1) is 8.30. The molecule has 0 saturated heterocycles. The molecule has 0 aliphatic carbocycles. The van der Waals surface area contributed by atoms with Crippen molar-refractivity contribution in [2.24, 2.45) is 0 Å². The third-order valence-corrected chi connectivity index (χ3v) is 2.08. The van der Waals surface area contributed by atoms with Crippen molar-refractivity contribution in [3.8, 4) is 0 Å². The van der Waals surface area contributed by atoms with E-state index < -0.39 is 0 Å². The van der Waals surface area contributed by atoms with Crippen LogP contribution in [0, 0.1) is 12.7 Å². The third-order valence-electron chi connectivity index (χ3n) is 2.08. The standard InChI is InChI=1S/C11H11FN/c1-2-3-10-7-8-6-9(12)4-5-11(8)13-10/h4-7,13H,1-3H2. The Hall–Kier alpha value is -1.31. The molecular formula is C11H11FN. The van der Waals surface area contributed by atoms with Gasteiger partial charge in [-0.25, -0.2) is 4.39 Å². The smallest absolute Gasteiger partial charge is 0.123 e. The summed E-state index contributed by atoms with van der Waals surface area (Å²) in [5, 5.41) is 0.934. The van der Waals surface area contributed by atoms with Crippen molar-refractivity contribution < 1.29 is 4.39 Å². The molecule has 1 nitrogen and oxygen atoms in total. The summed E-state index contributed by atoms with van der Waals surface area (Å²) in [5.74, 6) is -0.187. The lowest BCUT2D eigenvalue weighted by atomic mass is 10.2. The lowest BCUT2D eigenvalue weighted by molar-refractivity contribution is 0.630. The van der Waals surface area contributed by atoms with E-state index in [-0.39, 0.29) is 5.82 Å². The number of benzene rings is 1. The van der Waals surface area contributed by atoms with Crippen LogP contribution in [0.4, 0.5) is 4.39 Å². The Kier molecular flexibility index (Phi) is 2.05. The van der Waals surface area contributed by atoms with E-state index in [0.29, 0.717) is 0 Å². The molecule has 2 rings (SSSR count). The first-order valence-electron chi connectivity index (χ1n) is 4.36. The van der Waals surface area contributed by atoms with E-state index in [2.05, 4.69) is 11.9 Å². The summed E-state index contributed by atoms with van der Waals surface area (Å²) in [5.41, 5.74) is 2.11. The highest BCUT2D eigenvalue weighted by atomic mass is 19.1. The molecule has 0 saturated carbocycles. The predicted molar refractivity (Wildman–Crippen MR) is 51.9 cm³/mol. The van der Waals surface area contributed by atoms with Gasteiger partial charge in [0.05, 0.1) is 0 Å². The number of H-pyrrole nitrogens is 1. The van der Waals surface area contributed by atoms with Crippen LogP contribution >= 0.6 is 0 Å². The van der Waals surface area contributed by atoms with Crippen molar-refractivity contribution in [1.82, 2.24) is 4.98 Å². The summed E-state index contributed by atoms with van der Waals surface area (Å²) < 4.78 is 12.8. The number of hydrogen-bond donors (Lipinski definition) is 1. The van der Waals surface area contributed by atoms with Crippen LogP contribution in [0.3, 0.4) is 0 Å². The quantitative estimate of drug-likeness (QED) is 0.723. The maximum Gasteiger partial charge on any atom is 0.123 e. The molecule has 0 fully saturated rings. The van der Waals surface area contributed by atoms with Crippen molar-refractivity contribution in [1.29, 1.82) is 0 Å². The van der Waals surface area contributed by atoms with Gasteiger partial charge in [-0.15, -0.1) is 0 Å². The summed E-state index contributed by atoms with van der Waals surface area (Å²) in [6.07, 6.45) is 1.77. The summed E-state index contributed by atoms with van der Waals surface area (Å²) in [4.78, 5) is 3.22. The zero-order chi connectivity index (χ0) is 9.26. The number of aromatic nitrogens is 1. The monoisotopic (exact) mass is 176 g/mol. The molecule has 1 radical (unpaired) electrons. The van der Waals surface area contributed by atoms with E-state index in [1.807, 2.05) is 6.07 Å². The summed E-state index contributed by atoms with van der Waals surface area (Å²) in [6, 6.07) is 6.74. The van der Waals surface area contributed by atoms with Gasteiger partial charge in [0.15, 0.2) is 0 Å². The molecule has 0 amide bonds. The molecule has 2 heteroatoms. The average molecular weight is 176 g/mol. The van der Waals surface area contributed by atoms with E-state index in [1.54, 1.807) is 12.1 Å². The fourth-order valence-electron chi connectivity index (χ4n) is 1.49. The Balaban J connectivity index is 2.49. The normalized spacial score (nSPS) is 10.9. The number of halogens is 1. The summed E-state index contributed by atoms with van der Waals surface area (Å²) >= 11 is 0. The van der Waals surface area contributed by atoms with E-state index >= 15 is 0 Å². The Morgan fingerprint density at radius 1 is 1.31 bits per heavy atom. The van der Waals surface area contributed by atoms with Gasteiger partial charge in [-0.05, 0) is 37.1 Å². The zero-order valence-electron chi connectivity index (χ0n) is 7.31. The third kappa shape index (κ3) is 1.57. The second kappa shape index (κ2) is 3.21. The van der Waals surface area contributed by atoms with Gasteiger partial charge in [0.2, 0.25) is 0 Å². The van der Waals surface area contributed by atoms with Gasteiger partial charge >= 0.3 is 0 Å². The van der Waals surface area contributed by atoms with Crippen molar-refractivity contribution in [2.45, 2.75) is 12.8 Å². The Morgan fingerprint density at radius 3 is 2.92 bits per heavy atom. The number of fused-ring (bicyclic) bond motifs is 1. The molecule has 1 heterocycles. The van der Waals surface area contributed by atoms with Crippen LogP contribution < -0.4 is 0 Å². The lowest BCUT2D eigenvalue weighted by Crippen LogP contribution is -1.80. The molecule has 0 bridgehead atoms. The van der Waals surface area contributed by atoms with Crippen LogP contribution in [0.15, 0.2) is 24.3 Å². The van der Waals surface area contributed by atoms with Crippen molar-refractivity contribution in [3.05, 3.63) is 42.7 Å². The van der Waals surface area contributed by atoms with E-state index in [0.717, 1.165) is 29.4 Å². The minimum atomic E-state index is -0.187. The van der Waals surface area contributed by atoms with Gasteiger partial charge in [0.1, 0.15) is 5.82 Å². The Labute approximate surface area is 76.6 Å². The van der Waals surface area contributed by atoms with Crippen LogP contribution in [-0.2, 0) is 6.42 Å².